The molecule has 154 valence electrons. The number of nitrogens with zero attached hydrogens (tertiary/aromatic N) is 4. The Bertz CT molecular complexity index is 986. The van der Waals surface area contributed by atoms with Crippen molar-refractivity contribution in [2.24, 2.45) is 5.16 Å². The molecule has 3 aromatic rings. The first-order chi connectivity index (χ1) is 14.6. The number of hydrogen-bond acceptors (Lipinski definition) is 4. The highest BCUT2D eigenvalue weighted by molar-refractivity contribution is 6.04. The number of amides is 1. The summed E-state index contributed by atoms with van der Waals surface area (Å²) in [5.74, 6) is -0.0537. The van der Waals surface area contributed by atoms with E-state index in [1.165, 1.54) is 0 Å². The van der Waals surface area contributed by atoms with Gasteiger partial charge < -0.3 is 9.74 Å². The molecule has 0 N–H and O–H groups in total. The lowest BCUT2D eigenvalue weighted by Crippen LogP contribution is -2.38. The Balaban J connectivity index is 1.50. The quantitative estimate of drug-likeness (QED) is 0.602. The summed E-state index contributed by atoms with van der Waals surface area (Å²) >= 11 is 0. The predicted molar refractivity (Wildman–Crippen MR) is 116 cm³/mol. The van der Waals surface area contributed by atoms with Crippen LogP contribution in [-0.4, -0.2) is 32.4 Å². The van der Waals surface area contributed by atoms with Crippen molar-refractivity contribution in [2.45, 2.75) is 46.0 Å². The minimum absolute atomic E-state index is 0.0537. The van der Waals surface area contributed by atoms with Crippen molar-refractivity contribution in [3.63, 3.8) is 0 Å². The summed E-state index contributed by atoms with van der Waals surface area (Å²) in [5, 5.41) is 8.70. The average Bonchev–Trinajstić information content (AvgIpc) is 3.41. The molecule has 0 aliphatic carbocycles. The summed E-state index contributed by atoms with van der Waals surface area (Å²) in [5.41, 5.74) is 4.80. The van der Waals surface area contributed by atoms with Crippen LogP contribution in [0.15, 0.2) is 72.0 Å². The first-order valence-electron chi connectivity index (χ1n) is 10.3. The van der Waals surface area contributed by atoms with E-state index in [1.807, 2.05) is 90.3 Å². The third-order valence-corrected chi connectivity index (χ3v) is 5.27. The highest BCUT2D eigenvalue weighted by Crippen LogP contribution is 2.22. The van der Waals surface area contributed by atoms with E-state index in [0.29, 0.717) is 19.5 Å². The van der Waals surface area contributed by atoms with Crippen molar-refractivity contribution < 1.29 is 9.63 Å². The summed E-state index contributed by atoms with van der Waals surface area (Å²) in [6, 6.07) is 20.0. The molecule has 1 amide bonds. The molecule has 6 nitrogen and oxygen atoms in total. The maximum absolute atomic E-state index is 13.4. The zero-order valence-corrected chi connectivity index (χ0v) is 17.4. The van der Waals surface area contributed by atoms with E-state index in [9.17, 15) is 4.79 Å². The van der Waals surface area contributed by atoms with Gasteiger partial charge in [-0.2, -0.15) is 5.10 Å². The number of aromatic nitrogens is 2. The number of carbonyl (C=O) groups is 1. The van der Waals surface area contributed by atoms with Crippen LogP contribution in [0, 0.1) is 6.92 Å². The van der Waals surface area contributed by atoms with Crippen molar-refractivity contribution in [3.8, 4) is 0 Å². The Morgan fingerprint density at radius 3 is 2.20 bits per heavy atom. The van der Waals surface area contributed by atoms with E-state index in [4.69, 9.17) is 4.84 Å². The van der Waals surface area contributed by atoms with E-state index >= 15 is 0 Å². The molecule has 2 aromatic carbocycles. The van der Waals surface area contributed by atoms with Crippen LogP contribution in [0.5, 0.6) is 0 Å². The van der Waals surface area contributed by atoms with Gasteiger partial charge in [0.1, 0.15) is 0 Å². The molecule has 6 heteroatoms. The third kappa shape index (κ3) is 4.43. The van der Waals surface area contributed by atoms with Gasteiger partial charge in [0.2, 0.25) is 6.10 Å². The average molecular weight is 402 g/mol. The number of benzene rings is 2. The third-order valence-electron chi connectivity index (χ3n) is 5.27. The fourth-order valence-electron chi connectivity index (χ4n) is 3.66. The molecule has 4 rings (SSSR count). The Morgan fingerprint density at radius 2 is 1.67 bits per heavy atom. The summed E-state index contributed by atoms with van der Waals surface area (Å²) in [6.07, 6.45) is 1.81. The van der Waals surface area contributed by atoms with Gasteiger partial charge in [0.05, 0.1) is 11.4 Å². The van der Waals surface area contributed by atoms with Crippen LogP contribution in [0.25, 0.3) is 0 Å². The van der Waals surface area contributed by atoms with Crippen LogP contribution in [-0.2, 0) is 29.3 Å². The first kappa shape index (κ1) is 19.9. The second kappa shape index (κ2) is 8.95. The summed E-state index contributed by atoms with van der Waals surface area (Å²) < 4.78 is 1.87. The van der Waals surface area contributed by atoms with Crippen molar-refractivity contribution in [1.29, 1.82) is 0 Å². The molecule has 1 atom stereocenters. The molecule has 0 fully saturated rings. The Kier molecular flexibility index (Phi) is 5.93. The van der Waals surface area contributed by atoms with Gasteiger partial charge >= 0.3 is 0 Å². The molecular formula is C24H26N4O2. The zero-order valence-electron chi connectivity index (χ0n) is 17.4. The fourth-order valence-corrected chi connectivity index (χ4v) is 3.66. The molecule has 0 saturated heterocycles. The van der Waals surface area contributed by atoms with Gasteiger partial charge in [-0.15, -0.1) is 0 Å². The molecule has 1 aliphatic heterocycles. The van der Waals surface area contributed by atoms with Crippen LogP contribution >= 0.6 is 0 Å². The molecule has 1 aliphatic rings. The summed E-state index contributed by atoms with van der Waals surface area (Å²) in [4.78, 5) is 20.8. The SMILES string of the molecule is CCn1cc(C2=NOC(C(=O)N(Cc3ccccc3)Cc3ccccc3)C2)c(C)n1. The molecule has 1 aromatic heterocycles. The maximum Gasteiger partial charge on any atom is 0.267 e. The van der Waals surface area contributed by atoms with Gasteiger partial charge in [-0.05, 0) is 25.0 Å². The molecule has 0 bridgehead atoms. The van der Waals surface area contributed by atoms with Crippen LogP contribution in [0.1, 0.15) is 35.7 Å². The van der Waals surface area contributed by atoms with E-state index in [-0.39, 0.29) is 5.91 Å². The largest absolute Gasteiger partial charge is 0.382 e. The predicted octanol–water partition coefficient (Wildman–Crippen LogP) is 3.93. The van der Waals surface area contributed by atoms with E-state index < -0.39 is 6.10 Å². The number of aryl methyl sites for hydroxylation is 2. The topological polar surface area (TPSA) is 59.7 Å². The molecule has 0 saturated carbocycles. The number of carbonyl (C=O) groups excluding carboxylic acids is 1. The van der Waals surface area contributed by atoms with Crippen molar-refractivity contribution in [2.75, 3.05) is 0 Å². The van der Waals surface area contributed by atoms with E-state index in [1.54, 1.807) is 0 Å². The fraction of sp³-hybridized carbons (Fsp3) is 0.292. The van der Waals surface area contributed by atoms with Crippen LogP contribution in [0.4, 0.5) is 0 Å². The van der Waals surface area contributed by atoms with Crippen LogP contribution in [0.3, 0.4) is 0 Å². The lowest BCUT2D eigenvalue weighted by Gasteiger charge is -2.25. The highest BCUT2D eigenvalue weighted by Gasteiger charge is 2.33. The van der Waals surface area contributed by atoms with Crippen LogP contribution in [0.2, 0.25) is 0 Å². The zero-order chi connectivity index (χ0) is 20.9. The Morgan fingerprint density at radius 1 is 1.07 bits per heavy atom. The van der Waals surface area contributed by atoms with Gasteiger partial charge in [-0.25, -0.2) is 0 Å². The van der Waals surface area contributed by atoms with Gasteiger partial charge in [0.25, 0.3) is 5.91 Å². The van der Waals surface area contributed by atoms with Crippen molar-refractivity contribution >= 4 is 11.6 Å². The maximum atomic E-state index is 13.4. The Labute approximate surface area is 176 Å². The minimum atomic E-state index is -0.614. The second-order valence-corrected chi connectivity index (χ2v) is 7.49. The summed E-state index contributed by atoms with van der Waals surface area (Å²) in [6.45, 7) is 5.84. The molecule has 2 heterocycles. The number of oxime groups is 1. The number of rotatable bonds is 7. The Hall–Kier alpha value is -3.41. The first-order valence-corrected chi connectivity index (χ1v) is 10.3. The molecule has 0 spiro atoms. The molecular weight excluding hydrogens is 376 g/mol. The van der Waals surface area contributed by atoms with E-state index in [0.717, 1.165) is 34.6 Å². The molecule has 1 unspecified atom stereocenters. The van der Waals surface area contributed by atoms with Crippen molar-refractivity contribution in [1.82, 2.24) is 14.7 Å². The standard InChI is InChI=1S/C24H26N4O2/c1-3-28-17-21(18(2)25-28)22-14-23(30-26-22)24(29)27(15-19-10-6-4-7-11-19)16-20-12-8-5-9-13-20/h4-13,17,23H,3,14-16H2,1-2H3. The monoisotopic (exact) mass is 402 g/mol. The normalized spacial score (nSPS) is 15.5. The van der Waals surface area contributed by atoms with Crippen molar-refractivity contribution in [3.05, 3.63) is 89.2 Å². The van der Waals surface area contributed by atoms with Gasteiger partial charge in [-0.1, -0.05) is 65.8 Å². The minimum Gasteiger partial charge on any atom is -0.382 e. The van der Waals surface area contributed by atoms with Gasteiger partial charge in [0, 0.05) is 37.8 Å². The lowest BCUT2D eigenvalue weighted by atomic mass is 10.0. The smallest absolute Gasteiger partial charge is 0.267 e. The van der Waals surface area contributed by atoms with Gasteiger partial charge in [-0.3, -0.25) is 9.48 Å². The lowest BCUT2D eigenvalue weighted by molar-refractivity contribution is -0.143. The highest BCUT2D eigenvalue weighted by atomic mass is 16.6. The second-order valence-electron chi connectivity index (χ2n) is 7.49. The van der Waals surface area contributed by atoms with Gasteiger partial charge in [0.15, 0.2) is 0 Å². The van der Waals surface area contributed by atoms with E-state index in [2.05, 4.69) is 10.3 Å². The van der Waals surface area contributed by atoms with Crippen LogP contribution < -0.4 is 0 Å². The molecule has 30 heavy (non-hydrogen) atoms. The summed E-state index contributed by atoms with van der Waals surface area (Å²) in [7, 11) is 0. The molecule has 0 radical (unpaired) electrons. The number of hydrogen-bond donors (Lipinski definition) is 0.